The maximum atomic E-state index is 13.2. The van der Waals surface area contributed by atoms with Crippen LogP contribution in [-0.2, 0) is 9.59 Å². The molecule has 0 spiro atoms. The van der Waals surface area contributed by atoms with E-state index in [1.54, 1.807) is 17.0 Å². The van der Waals surface area contributed by atoms with Gasteiger partial charge in [0.1, 0.15) is 11.9 Å². The Morgan fingerprint density at radius 1 is 1.12 bits per heavy atom. The van der Waals surface area contributed by atoms with Crippen molar-refractivity contribution >= 4 is 11.8 Å². The van der Waals surface area contributed by atoms with Crippen LogP contribution in [0.1, 0.15) is 69.8 Å². The highest BCUT2D eigenvalue weighted by atomic mass is 19.1. The first kappa shape index (κ1) is 18.9. The van der Waals surface area contributed by atoms with Gasteiger partial charge in [-0.3, -0.25) is 9.59 Å². The molecule has 142 valence electrons. The van der Waals surface area contributed by atoms with Crippen LogP contribution in [0.25, 0.3) is 0 Å². The fourth-order valence-electron chi connectivity index (χ4n) is 4.30. The number of carbonyl (C=O) groups is 2. The number of hydrogen-bond acceptors (Lipinski definition) is 2. The summed E-state index contributed by atoms with van der Waals surface area (Å²) in [6, 6.07) is 6.03. The molecule has 2 atom stereocenters. The van der Waals surface area contributed by atoms with Gasteiger partial charge >= 0.3 is 0 Å². The van der Waals surface area contributed by atoms with Crippen molar-refractivity contribution in [1.82, 2.24) is 10.2 Å². The van der Waals surface area contributed by atoms with Crippen LogP contribution >= 0.6 is 0 Å². The first-order valence-electron chi connectivity index (χ1n) is 9.96. The number of halogens is 1. The maximum absolute atomic E-state index is 13.2. The Kier molecular flexibility index (Phi) is 6.28. The summed E-state index contributed by atoms with van der Waals surface area (Å²) >= 11 is 0. The number of likely N-dealkylation sites (tertiary alicyclic amines) is 1. The summed E-state index contributed by atoms with van der Waals surface area (Å²) < 4.78 is 13.2. The van der Waals surface area contributed by atoms with E-state index < -0.39 is 0 Å². The van der Waals surface area contributed by atoms with Gasteiger partial charge in [0.25, 0.3) is 0 Å². The number of hydrogen-bond donors (Lipinski definition) is 1. The van der Waals surface area contributed by atoms with Crippen molar-refractivity contribution in [3.05, 3.63) is 35.6 Å². The van der Waals surface area contributed by atoms with Crippen molar-refractivity contribution in [2.45, 2.75) is 76.3 Å². The monoisotopic (exact) mass is 360 g/mol. The van der Waals surface area contributed by atoms with Crippen molar-refractivity contribution in [3.8, 4) is 0 Å². The largest absolute Gasteiger partial charge is 0.352 e. The van der Waals surface area contributed by atoms with E-state index in [4.69, 9.17) is 0 Å². The summed E-state index contributed by atoms with van der Waals surface area (Å²) in [7, 11) is 0. The van der Waals surface area contributed by atoms with Gasteiger partial charge in [-0.05, 0) is 49.8 Å². The Morgan fingerprint density at radius 3 is 2.46 bits per heavy atom. The first-order valence-corrected chi connectivity index (χ1v) is 9.96. The molecule has 1 aromatic carbocycles. The lowest BCUT2D eigenvalue weighted by Crippen LogP contribution is -2.50. The van der Waals surface area contributed by atoms with E-state index in [1.807, 2.05) is 6.92 Å². The van der Waals surface area contributed by atoms with Gasteiger partial charge in [-0.25, -0.2) is 4.39 Å². The molecule has 1 aliphatic carbocycles. The average molecular weight is 360 g/mol. The van der Waals surface area contributed by atoms with Crippen LogP contribution in [-0.4, -0.2) is 35.3 Å². The topological polar surface area (TPSA) is 49.4 Å². The maximum Gasteiger partial charge on any atom is 0.243 e. The predicted molar refractivity (Wildman–Crippen MR) is 99.2 cm³/mol. The summed E-state index contributed by atoms with van der Waals surface area (Å²) in [5.41, 5.74) is 0.817. The number of nitrogens with one attached hydrogen (secondary N) is 1. The third-order valence-electron chi connectivity index (χ3n) is 5.77. The summed E-state index contributed by atoms with van der Waals surface area (Å²) in [5, 5.41) is 3.17. The lowest BCUT2D eigenvalue weighted by molar-refractivity contribution is -0.140. The van der Waals surface area contributed by atoms with E-state index in [0.717, 1.165) is 31.2 Å². The molecule has 1 unspecified atom stereocenters. The Balaban J connectivity index is 1.68. The van der Waals surface area contributed by atoms with Gasteiger partial charge in [-0.15, -0.1) is 0 Å². The van der Waals surface area contributed by atoms with E-state index in [1.165, 1.54) is 31.4 Å². The first-order chi connectivity index (χ1) is 12.6. The van der Waals surface area contributed by atoms with Gasteiger partial charge in [0.05, 0.1) is 5.92 Å². The van der Waals surface area contributed by atoms with Crippen molar-refractivity contribution in [2.24, 2.45) is 0 Å². The molecule has 0 aromatic heterocycles. The van der Waals surface area contributed by atoms with E-state index >= 15 is 0 Å². The van der Waals surface area contributed by atoms with Crippen LogP contribution in [0.5, 0.6) is 0 Å². The highest BCUT2D eigenvalue weighted by Crippen LogP contribution is 2.28. The predicted octanol–water partition coefficient (Wildman–Crippen LogP) is 3.76. The molecule has 4 nitrogen and oxygen atoms in total. The Hall–Kier alpha value is -1.91. The van der Waals surface area contributed by atoms with Crippen molar-refractivity contribution in [3.63, 3.8) is 0 Å². The fraction of sp³-hybridized carbons (Fsp3) is 0.619. The van der Waals surface area contributed by atoms with E-state index in [0.29, 0.717) is 13.0 Å². The molecule has 5 heteroatoms. The summed E-state index contributed by atoms with van der Waals surface area (Å²) in [5.74, 6) is -0.641. The van der Waals surface area contributed by atoms with Crippen LogP contribution in [0.15, 0.2) is 24.3 Å². The van der Waals surface area contributed by atoms with Gasteiger partial charge in [-0.1, -0.05) is 38.3 Å². The van der Waals surface area contributed by atoms with Gasteiger partial charge < -0.3 is 10.2 Å². The van der Waals surface area contributed by atoms with E-state index in [2.05, 4.69) is 5.32 Å². The second kappa shape index (κ2) is 8.65. The summed E-state index contributed by atoms with van der Waals surface area (Å²) in [6.07, 6.45) is 7.88. The SMILES string of the molecule is CCC(C(=O)N1CCC[C@@H]1C(=O)NC1CCCCC1)c1ccc(F)cc1. The Morgan fingerprint density at radius 2 is 1.81 bits per heavy atom. The van der Waals surface area contributed by atoms with Crippen LogP contribution in [0, 0.1) is 5.82 Å². The molecule has 2 amide bonds. The second-order valence-electron chi connectivity index (χ2n) is 7.55. The lowest BCUT2D eigenvalue weighted by Gasteiger charge is -2.30. The lowest BCUT2D eigenvalue weighted by atomic mass is 9.94. The third-order valence-corrected chi connectivity index (χ3v) is 5.77. The highest BCUT2D eigenvalue weighted by molar-refractivity contribution is 5.91. The standard InChI is InChI=1S/C21H29FN2O2/c1-2-18(15-10-12-16(22)13-11-15)21(26)24-14-6-9-19(24)20(25)23-17-7-4-3-5-8-17/h10-13,17-19H,2-9,14H2,1H3,(H,23,25)/t18?,19-/m1/s1. The zero-order chi connectivity index (χ0) is 18.5. The Bertz CT molecular complexity index is 625. The Labute approximate surface area is 155 Å². The van der Waals surface area contributed by atoms with Crippen molar-refractivity contribution in [2.75, 3.05) is 6.54 Å². The van der Waals surface area contributed by atoms with Crippen LogP contribution < -0.4 is 5.32 Å². The zero-order valence-electron chi connectivity index (χ0n) is 15.5. The number of amides is 2. The minimum absolute atomic E-state index is 0.00305. The van der Waals surface area contributed by atoms with Gasteiger partial charge in [0.2, 0.25) is 11.8 Å². The van der Waals surface area contributed by atoms with Crippen LogP contribution in [0.2, 0.25) is 0 Å². The molecule has 1 aliphatic heterocycles. The molecule has 0 radical (unpaired) electrons. The number of rotatable bonds is 5. The van der Waals surface area contributed by atoms with E-state index in [9.17, 15) is 14.0 Å². The molecule has 1 saturated heterocycles. The van der Waals surface area contributed by atoms with Crippen LogP contribution in [0.4, 0.5) is 4.39 Å². The molecule has 1 N–H and O–H groups in total. The fourth-order valence-corrected chi connectivity index (χ4v) is 4.30. The number of carbonyl (C=O) groups excluding carboxylic acids is 2. The zero-order valence-corrected chi connectivity index (χ0v) is 15.5. The summed E-state index contributed by atoms with van der Waals surface area (Å²) in [4.78, 5) is 27.6. The molecule has 2 fully saturated rings. The van der Waals surface area contributed by atoms with Gasteiger partial charge in [0.15, 0.2) is 0 Å². The number of nitrogens with zero attached hydrogens (tertiary/aromatic N) is 1. The van der Waals surface area contributed by atoms with Crippen LogP contribution in [0.3, 0.4) is 0 Å². The third kappa shape index (κ3) is 4.25. The second-order valence-corrected chi connectivity index (χ2v) is 7.55. The normalized spacial score (nSPS) is 22.2. The van der Waals surface area contributed by atoms with Gasteiger partial charge in [-0.2, -0.15) is 0 Å². The highest BCUT2D eigenvalue weighted by Gasteiger charge is 2.37. The minimum atomic E-state index is -0.362. The van der Waals surface area contributed by atoms with Crippen molar-refractivity contribution in [1.29, 1.82) is 0 Å². The molecule has 0 bridgehead atoms. The summed E-state index contributed by atoms with van der Waals surface area (Å²) in [6.45, 7) is 2.58. The molecule has 1 heterocycles. The smallest absolute Gasteiger partial charge is 0.243 e. The average Bonchev–Trinajstić information content (AvgIpc) is 3.14. The quantitative estimate of drug-likeness (QED) is 0.869. The molecule has 3 rings (SSSR count). The molecule has 26 heavy (non-hydrogen) atoms. The minimum Gasteiger partial charge on any atom is -0.352 e. The molecule has 1 saturated carbocycles. The van der Waals surface area contributed by atoms with Gasteiger partial charge in [0, 0.05) is 12.6 Å². The molecular formula is C21H29FN2O2. The molecule has 1 aromatic rings. The molecule has 2 aliphatic rings. The molecular weight excluding hydrogens is 331 g/mol. The van der Waals surface area contributed by atoms with E-state index in [-0.39, 0.29) is 35.6 Å². The van der Waals surface area contributed by atoms with Crippen molar-refractivity contribution < 1.29 is 14.0 Å². The number of benzene rings is 1.